The molecule has 12 heteroatoms. The van der Waals surface area contributed by atoms with Crippen molar-refractivity contribution < 1.29 is 4.74 Å². The number of rotatable bonds is 9. The molecule has 0 amide bonds. The highest BCUT2D eigenvalue weighted by atomic mass is 16.5. The molecule has 1 aliphatic rings. The molecule has 3 N–H and O–H groups in total. The number of hydrogen-bond donors (Lipinski definition) is 2. The van der Waals surface area contributed by atoms with Crippen molar-refractivity contribution in [2.75, 3.05) is 24.1 Å². The molecule has 0 saturated carbocycles. The Labute approximate surface area is 278 Å². The number of piperidine rings is 1. The van der Waals surface area contributed by atoms with Crippen molar-refractivity contribution in [2.24, 2.45) is 0 Å². The molecular formula is C36H35N11O. The van der Waals surface area contributed by atoms with E-state index >= 15 is 0 Å². The van der Waals surface area contributed by atoms with Crippen LogP contribution in [0.1, 0.15) is 38.1 Å². The van der Waals surface area contributed by atoms with E-state index in [0.717, 1.165) is 60.5 Å². The number of likely N-dealkylation sites (tertiary alicyclic amines) is 1. The fourth-order valence-electron chi connectivity index (χ4n) is 5.94. The molecule has 1 saturated heterocycles. The second-order valence-corrected chi connectivity index (χ2v) is 12.0. The summed E-state index contributed by atoms with van der Waals surface area (Å²) in [5.41, 5.74) is 12.3. The number of fused-ring (bicyclic) bond motifs is 1. The maximum absolute atomic E-state index is 9.09. The number of nitriles is 1. The summed E-state index contributed by atoms with van der Waals surface area (Å²) in [5.74, 6) is 2.53. The minimum atomic E-state index is 0.0441. The highest BCUT2D eigenvalue weighted by Crippen LogP contribution is 2.32. The average Bonchev–Trinajstić information content (AvgIpc) is 3.48. The summed E-state index contributed by atoms with van der Waals surface area (Å²) in [4.78, 5) is 29.5. The summed E-state index contributed by atoms with van der Waals surface area (Å²) in [6.07, 6.45) is 7.08. The second-order valence-electron chi connectivity index (χ2n) is 12.0. The van der Waals surface area contributed by atoms with Gasteiger partial charge in [0.1, 0.15) is 23.2 Å². The molecule has 6 aromatic rings. The minimum Gasteiger partial charge on any atom is -0.475 e. The summed E-state index contributed by atoms with van der Waals surface area (Å²) >= 11 is 0. The van der Waals surface area contributed by atoms with E-state index in [2.05, 4.69) is 54.4 Å². The predicted octanol–water partition coefficient (Wildman–Crippen LogP) is 5.65. The van der Waals surface area contributed by atoms with Crippen molar-refractivity contribution in [3.05, 3.63) is 96.7 Å². The molecule has 240 valence electrons. The molecule has 0 unspecified atom stereocenters. The molecule has 1 fully saturated rings. The van der Waals surface area contributed by atoms with Crippen molar-refractivity contribution in [3.63, 3.8) is 0 Å². The third-order valence-electron chi connectivity index (χ3n) is 8.27. The van der Waals surface area contributed by atoms with Gasteiger partial charge < -0.3 is 15.8 Å². The number of aromatic nitrogens is 7. The minimum absolute atomic E-state index is 0.0441. The summed E-state index contributed by atoms with van der Waals surface area (Å²) in [6, 6.07) is 24.2. The third kappa shape index (κ3) is 6.63. The Bertz CT molecular complexity index is 2080. The van der Waals surface area contributed by atoms with E-state index in [1.54, 1.807) is 24.7 Å². The van der Waals surface area contributed by atoms with Crippen LogP contribution in [0.25, 0.3) is 39.5 Å². The van der Waals surface area contributed by atoms with Gasteiger partial charge in [-0.05, 0) is 80.8 Å². The standard InChI is InChI=1S/C36H35N11O/c1-23(2)48-33-12-7-25(21-41-33)29-10-11-30-36(43-29)47(35(44-30)28-4-3-16-40-34(28)38)27-8-5-24(6-9-27)22-46-18-14-26(15-19-46)42-31-13-17-39-32(20-37)45-31/h3-13,16-17,21,23,26H,14-15,18-19,22H2,1-2H3,(H2,38,40)(H,39,42,45). The highest BCUT2D eigenvalue weighted by molar-refractivity contribution is 5.84. The van der Waals surface area contributed by atoms with Gasteiger partial charge in [-0.2, -0.15) is 5.26 Å². The smallest absolute Gasteiger partial charge is 0.234 e. The number of nitrogens with zero attached hydrogens (tertiary/aromatic N) is 9. The normalized spacial score (nSPS) is 13.9. The molecule has 5 aromatic heterocycles. The Morgan fingerprint density at radius 3 is 2.50 bits per heavy atom. The average molecular weight is 638 g/mol. The van der Waals surface area contributed by atoms with Gasteiger partial charge in [0.05, 0.1) is 17.4 Å². The zero-order valence-electron chi connectivity index (χ0n) is 26.8. The van der Waals surface area contributed by atoms with Gasteiger partial charge in [0, 0.05) is 61.6 Å². The number of hydrogen-bond acceptors (Lipinski definition) is 11. The van der Waals surface area contributed by atoms with Gasteiger partial charge in [-0.3, -0.25) is 9.47 Å². The Morgan fingerprint density at radius 1 is 0.938 bits per heavy atom. The van der Waals surface area contributed by atoms with Crippen molar-refractivity contribution >= 4 is 22.8 Å². The SMILES string of the molecule is CC(C)Oc1ccc(-c2ccc3nc(-c4cccnc4N)n(-c4ccc(CN5CCC(Nc6ccnc(C#N)n6)CC5)cc4)c3n2)cn1. The van der Waals surface area contributed by atoms with Crippen LogP contribution in [0.4, 0.5) is 11.6 Å². The van der Waals surface area contributed by atoms with Gasteiger partial charge in [-0.15, -0.1) is 0 Å². The molecule has 0 atom stereocenters. The fourth-order valence-corrected chi connectivity index (χ4v) is 5.94. The lowest BCUT2D eigenvalue weighted by Crippen LogP contribution is -2.38. The first-order valence-corrected chi connectivity index (χ1v) is 16.0. The first kappa shape index (κ1) is 30.7. The first-order valence-electron chi connectivity index (χ1n) is 16.0. The van der Waals surface area contributed by atoms with E-state index in [0.29, 0.717) is 35.0 Å². The molecule has 0 bridgehead atoms. The van der Waals surface area contributed by atoms with E-state index < -0.39 is 0 Å². The zero-order chi connectivity index (χ0) is 33.0. The van der Waals surface area contributed by atoms with Gasteiger partial charge in [-0.25, -0.2) is 29.9 Å². The van der Waals surface area contributed by atoms with Crippen LogP contribution in [0.3, 0.4) is 0 Å². The number of benzene rings is 1. The molecular weight excluding hydrogens is 602 g/mol. The number of nitrogen functional groups attached to an aromatic ring is 1. The van der Waals surface area contributed by atoms with E-state index in [1.807, 2.05) is 60.9 Å². The van der Waals surface area contributed by atoms with Crippen LogP contribution in [0, 0.1) is 11.3 Å². The topological polar surface area (TPSA) is 157 Å². The number of nitrogens with two attached hydrogens (primary N) is 1. The second kappa shape index (κ2) is 13.4. The lowest BCUT2D eigenvalue weighted by Gasteiger charge is -2.32. The van der Waals surface area contributed by atoms with E-state index in [4.69, 9.17) is 25.7 Å². The summed E-state index contributed by atoms with van der Waals surface area (Å²) in [5, 5.41) is 12.5. The molecule has 6 heterocycles. The maximum atomic E-state index is 9.09. The number of nitrogens with one attached hydrogen (secondary N) is 1. The van der Waals surface area contributed by atoms with Crippen molar-refractivity contribution in [1.82, 2.24) is 39.4 Å². The van der Waals surface area contributed by atoms with Crippen LogP contribution >= 0.6 is 0 Å². The van der Waals surface area contributed by atoms with Crippen LogP contribution in [-0.2, 0) is 6.54 Å². The molecule has 0 radical (unpaired) electrons. The Balaban J connectivity index is 1.13. The third-order valence-corrected chi connectivity index (χ3v) is 8.27. The number of imidazole rings is 1. The molecule has 1 aromatic carbocycles. The number of anilines is 2. The molecule has 12 nitrogen and oxygen atoms in total. The van der Waals surface area contributed by atoms with Crippen LogP contribution in [0.15, 0.2) is 85.3 Å². The number of pyridine rings is 3. The summed E-state index contributed by atoms with van der Waals surface area (Å²) in [6.45, 7) is 6.71. The molecule has 0 spiro atoms. The Morgan fingerprint density at radius 2 is 1.77 bits per heavy atom. The van der Waals surface area contributed by atoms with Crippen molar-refractivity contribution in [2.45, 2.75) is 45.4 Å². The van der Waals surface area contributed by atoms with E-state index in [9.17, 15) is 0 Å². The molecule has 0 aliphatic carbocycles. The highest BCUT2D eigenvalue weighted by Gasteiger charge is 2.21. The van der Waals surface area contributed by atoms with Crippen molar-refractivity contribution in [3.8, 4) is 40.3 Å². The lowest BCUT2D eigenvalue weighted by atomic mass is 10.0. The van der Waals surface area contributed by atoms with E-state index in [-0.39, 0.29) is 11.9 Å². The lowest BCUT2D eigenvalue weighted by molar-refractivity contribution is 0.211. The summed E-state index contributed by atoms with van der Waals surface area (Å²) < 4.78 is 7.77. The zero-order valence-corrected chi connectivity index (χ0v) is 26.8. The predicted molar refractivity (Wildman–Crippen MR) is 184 cm³/mol. The first-order chi connectivity index (χ1) is 23.4. The Hall–Kier alpha value is -5.93. The monoisotopic (exact) mass is 637 g/mol. The number of ether oxygens (including phenoxy) is 1. The van der Waals surface area contributed by atoms with E-state index in [1.165, 1.54) is 5.56 Å². The van der Waals surface area contributed by atoms with Gasteiger partial charge in [0.2, 0.25) is 11.7 Å². The van der Waals surface area contributed by atoms with Crippen LogP contribution < -0.4 is 15.8 Å². The van der Waals surface area contributed by atoms with Gasteiger partial charge >= 0.3 is 0 Å². The molecule has 48 heavy (non-hydrogen) atoms. The van der Waals surface area contributed by atoms with Crippen LogP contribution in [0.5, 0.6) is 5.88 Å². The van der Waals surface area contributed by atoms with Gasteiger partial charge in [0.15, 0.2) is 11.5 Å². The maximum Gasteiger partial charge on any atom is 0.234 e. The fraction of sp³-hybridized carbons (Fsp3) is 0.250. The quantitative estimate of drug-likeness (QED) is 0.202. The summed E-state index contributed by atoms with van der Waals surface area (Å²) in [7, 11) is 0. The molecule has 1 aliphatic heterocycles. The van der Waals surface area contributed by atoms with Crippen LogP contribution in [-0.4, -0.2) is 64.6 Å². The Kier molecular flexibility index (Phi) is 8.59. The largest absolute Gasteiger partial charge is 0.475 e. The van der Waals surface area contributed by atoms with Crippen molar-refractivity contribution in [1.29, 1.82) is 5.26 Å². The van der Waals surface area contributed by atoms with Gasteiger partial charge in [0.25, 0.3) is 0 Å². The van der Waals surface area contributed by atoms with Crippen LogP contribution in [0.2, 0.25) is 0 Å². The molecule has 7 rings (SSSR count). The van der Waals surface area contributed by atoms with Gasteiger partial charge in [-0.1, -0.05) is 12.1 Å².